The van der Waals surface area contributed by atoms with Crippen LogP contribution in [0.2, 0.25) is 0 Å². The molecule has 2 heterocycles. The fourth-order valence-electron chi connectivity index (χ4n) is 2.70. The van der Waals surface area contributed by atoms with E-state index in [-0.39, 0.29) is 11.4 Å². The SMILES string of the molecule is CCc1cc(CC(O)C2Cc3ccccc3S2)n(C)n1. The van der Waals surface area contributed by atoms with Crippen LogP contribution in [0.1, 0.15) is 23.9 Å². The highest BCUT2D eigenvalue weighted by Gasteiger charge is 2.28. The van der Waals surface area contributed by atoms with Gasteiger partial charge in [-0.2, -0.15) is 5.10 Å². The number of benzene rings is 1. The summed E-state index contributed by atoms with van der Waals surface area (Å²) >= 11 is 1.80. The number of aryl methyl sites for hydroxylation is 2. The highest BCUT2D eigenvalue weighted by atomic mass is 32.2. The number of aliphatic hydroxyl groups excluding tert-OH is 1. The van der Waals surface area contributed by atoms with Gasteiger partial charge in [-0.3, -0.25) is 4.68 Å². The maximum atomic E-state index is 10.5. The second kappa shape index (κ2) is 5.62. The van der Waals surface area contributed by atoms with Crippen LogP contribution >= 0.6 is 11.8 Å². The maximum absolute atomic E-state index is 10.5. The van der Waals surface area contributed by atoms with E-state index in [0.29, 0.717) is 6.42 Å². The van der Waals surface area contributed by atoms with Gasteiger partial charge in [0.15, 0.2) is 0 Å². The molecule has 4 heteroatoms. The Balaban J connectivity index is 1.69. The predicted molar refractivity (Wildman–Crippen MR) is 82.1 cm³/mol. The number of hydrogen-bond acceptors (Lipinski definition) is 3. The van der Waals surface area contributed by atoms with Gasteiger partial charge in [-0.25, -0.2) is 0 Å². The first-order valence-corrected chi connectivity index (χ1v) is 7.99. The molecule has 0 spiro atoms. The van der Waals surface area contributed by atoms with Gasteiger partial charge in [0.1, 0.15) is 0 Å². The van der Waals surface area contributed by atoms with Crippen LogP contribution in [0.5, 0.6) is 0 Å². The monoisotopic (exact) mass is 288 g/mol. The number of thioether (sulfide) groups is 1. The molecule has 1 aromatic heterocycles. The van der Waals surface area contributed by atoms with E-state index in [1.807, 2.05) is 11.7 Å². The molecule has 3 nitrogen and oxygen atoms in total. The van der Waals surface area contributed by atoms with Crippen LogP contribution in [0.25, 0.3) is 0 Å². The lowest BCUT2D eigenvalue weighted by Crippen LogP contribution is -2.25. The second-order valence-electron chi connectivity index (χ2n) is 5.34. The first-order chi connectivity index (χ1) is 9.67. The van der Waals surface area contributed by atoms with Crippen LogP contribution < -0.4 is 0 Å². The number of aliphatic hydroxyl groups is 1. The van der Waals surface area contributed by atoms with Gasteiger partial charge in [0.05, 0.1) is 11.8 Å². The molecule has 0 fully saturated rings. The number of rotatable bonds is 4. The van der Waals surface area contributed by atoms with Crippen molar-refractivity contribution >= 4 is 11.8 Å². The lowest BCUT2D eigenvalue weighted by atomic mass is 10.0. The second-order valence-corrected chi connectivity index (χ2v) is 6.62. The summed E-state index contributed by atoms with van der Waals surface area (Å²) in [6.07, 6.45) is 2.25. The Morgan fingerprint density at radius 2 is 2.25 bits per heavy atom. The predicted octanol–water partition coefficient (Wildman–Crippen LogP) is 2.60. The van der Waals surface area contributed by atoms with Crippen molar-refractivity contribution in [1.29, 1.82) is 0 Å². The number of nitrogens with zero attached hydrogens (tertiary/aromatic N) is 2. The van der Waals surface area contributed by atoms with Crippen molar-refractivity contribution in [3.05, 3.63) is 47.3 Å². The summed E-state index contributed by atoms with van der Waals surface area (Å²) < 4.78 is 1.90. The van der Waals surface area contributed by atoms with E-state index >= 15 is 0 Å². The lowest BCUT2D eigenvalue weighted by Gasteiger charge is -2.16. The molecular formula is C16H20N2OS. The molecule has 3 rings (SSSR count). The highest BCUT2D eigenvalue weighted by molar-refractivity contribution is 8.00. The molecule has 0 bridgehead atoms. The third kappa shape index (κ3) is 2.63. The first-order valence-electron chi connectivity index (χ1n) is 7.11. The third-order valence-electron chi connectivity index (χ3n) is 3.91. The van der Waals surface area contributed by atoms with Crippen molar-refractivity contribution in [3.8, 4) is 0 Å². The maximum Gasteiger partial charge on any atom is 0.0720 e. The summed E-state index contributed by atoms with van der Waals surface area (Å²) in [6.45, 7) is 2.10. The van der Waals surface area contributed by atoms with Crippen LogP contribution in [0.15, 0.2) is 35.2 Å². The molecule has 20 heavy (non-hydrogen) atoms. The summed E-state index contributed by atoms with van der Waals surface area (Å²) in [5.74, 6) is 0. The fraction of sp³-hybridized carbons (Fsp3) is 0.438. The quantitative estimate of drug-likeness (QED) is 0.940. The van der Waals surface area contributed by atoms with E-state index < -0.39 is 0 Å². The molecule has 2 unspecified atom stereocenters. The van der Waals surface area contributed by atoms with Crippen molar-refractivity contribution < 1.29 is 5.11 Å². The van der Waals surface area contributed by atoms with Gasteiger partial charge in [-0.1, -0.05) is 25.1 Å². The molecule has 2 atom stereocenters. The Bertz CT molecular complexity index is 583. The lowest BCUT2D eigenvalue weighted by molar-refractivity contribution is 0.170. The zero-order valence-corrected chi connectivity index (χ0v) is 12.7. The Morgan fingerprint density at radius 1 is 1.45 bits per heavy atom. The molecule has 1 aromatic carbocycles. The zero-order chi connectivity index (χ0) is 14.1. The number of hydrogen-bond donors (Lipinski definition) is 1. The molecule has 2 aromatic rings. The Labute approximate surface area is 124 Å². The van der Waals surface area contributed by atoms with Crippen LogP contribution in [0.4, 0.5) is 0 Å². The van der Waals surface area contributed by atoms with E-state index in [0.717, 1.165) is 24.2 Å². The van der Waals surface area contributed by atoms with Crippen molar-refractivity contribution in [3.63, 3.8) is 0 Å². The van der Waals surface area contributed by atoms with Gasteiger partial charge in [0.2, 0.25) is 0 Å². The molecular weight excluding hydrogens is 268 g/mol. The molecule has 1 aliphatic rings. The average molecular weight is 288 g/mol. The van der Waals surface area contributed by atoms with Gasteiger partial charge < -0.3 is 5.11 Å². The molecule has 0 radical (unpaired) electrons. The minimum absolute atomic E-state index is 0.257. The van der Waals surface area contributed by atoms with Crippen LogP contribution in [-0.2, 0) is 26.3 Å². The van der Waals surface area contributed by atoms with E-state index in [2.05, 4.69) is 42.4 Å². The van der Waals surface area contributed by atoms with Gasteiger partial charge in [-0.15, -0.1) is 11.8 Å². The van der Waals surface area contributed by atoms with E-state index in [4.69, 9.17) is 0 Å². The van der Waals surface area contributed by atoms with Crippen molar-refractivity contribution in [1.82, 2.24) is 9.78 Å². The Kier molecular flexibility index (Phi) is 3.85. The summed E-state index contributed by atoms with van der Waals surface area (Å²) in [4.78, 5) is 1.32. The van der Waals surface area contributed by atoms with Gasteiger partial charge >= 0.3 is 0 Å². The summed E-state index contributed by atoms with van der Waals surface area (Å²) in [5.41, 5.74) is 3.57. The van der Waals surface area contributed by atoms with E-state index in [1.165, 1.54) is 10.5 Å². The summed E-state index contributed by atoms with van der Waals surface area (Å²) in [7, 11) is 1.96. The minimum atomic E-state index is -0.326. The van der Waals surface area contributed by atoms with Gasteiger partial charge in [0.25, 0.3) is 0 Å². The number of fused-ring (bicyclic) bond motifs is 1. The minimum Gasteiger partial charge on any atom is -0.392 e. The normalized spacial score (nSPS) is 19.1. The summed E-state index contributed by atoms with van der Waals surface area (Å²) in [6, 6.07) is 10.5. The molecule has 0 saturated carbocycles. The third-order valence-corrected chi connectivity index (χ3v) is 5.34. The Morgan fingerprint density at radius 3 is 2.95 bits per heavy atom. The summed E-state index contributed by atoms with van der Waals surface area (Å²) in [5, 5.41) is 15.2. The van der Waals surface area contributed by atoms with Gasteiger partial charge in [0, 0.05) is 29.3 Å². The molecule has 1 aliphatic heterocycles. The van der Waals surface area contributed by atoms with Crippen molar-refractivity contribution in [2.24, 2.45) is 7.05 Å². The number of aromatic nitrogens is 2. The largest absolute Gasteiger partial charge is 0.392 e. The van der Waals surface area contributed by atoms with Crippen LogP contribution in [0, 0.1) is 0 Å². The van der Waals surface area contributed by atoms with Crippen LogP contribution in [0.3, 0.4) is 0 Å². The highest BCUT2D eigenvalue weighted by Crippen LogP contribution is 2.38. The first kappa shape index (κ1) is 13.7. The Hall–Kier alpha value is -1.26. The molecule has 0 aliphatic carbocycles. The van der Waals surface area contributed by atoms with E-state index in [9.17, 15) is 5.11 Å². The van der Waals surface area contributed by atoms with Crippen LogP contribution in [-0.4, -0.2) is 26.2 Å². The standard InChI is InChI=1S/C16H20N2OS/c1-3-12-9-13(18(2)17-12)10-14(19)16-8-11-6-4-5-7-15(11)20-16/h4-7,9,14,16,19H,3,8,10H2,1-2H3. The molecule has 0 saturated heterocycles. The topological polar surface area (TPSA) is 38.0 Å². The van der Waals surface area contributed by atoms with E-state index in [1.54, 1.807) is 11.8 Å². The van der Waals surface area contributed by atoms with Crippen molar-refractivity contribution in [2.45, 2.75) is 42.4 Å². The smallest absolute Gasteiger partial charge is 0.0720 e. The zero-order valence-electron chi connectivity index (χ0n) is 11.9. The van der Waals surface area contributed by atoms with Crippen molar-refractivity contribution in [2.75, 3.05) is 0 Å². The molecule has 106 valence electrons. The molecule has 0 amide bonds. The van der Waals surface area contributed by atoms with Gasteiger partial charge in [-0.05, 0) is 30.5 Å². The fourth-order valence-corrected chi connectivity index (χ4v) is 4.01. The average Bonchev–Trinajstić information content (AvgIpc) is 3.02. The molecule has 1 N–H and O–H groups in total.